The minimum Gasteiger partial charge on any atom is -0.496 e. The van der Waals surface area contributed by atoms with Crippen molar-refractivity contribution in [3.63, 3.8) is 0 Å². The van der Waals surface area contributed by atoms with E-state index in [0.29, 0.717) is 6.04 Å². The van der Waals surface area contributed by atoms with Crippen molar-refractivity contribution in [2.45, 2.75) is 32.7 Å². The lowest BCUT2D eigenvalue weighted by Crippen LogP contribution is -2.18. The van der Waals surface area contributed by atoms with Gasteiger partial charge in [0.25, 0.3) is 0 Å². The topological polar surface area (TPSA) is 34.2 Å². The number of hydrogen-bond donors (Lipinski definition) is 1. The average Bonchev–Trinajstić information content (AvgIpc) is 2.94. The van der Waals surface area contributed by atoms with Gasteiger partial charge < -0.3 is 10.1 Å². The molecule has 0 spiro atoms. The molecule has 1 aromatic carbocycles. The third kappa shape index (κ3) is 3.81. The molecule has 1 unspecified atom stereocenters. The first-order valence-corrected chi connectivity index (χ1v) is 7.86. The molecule has 1 heterocycles. The summed E-state index contributed by atoms with van der Waals surface area (Å²) < 4.78 is 5.39. The lowest BCUT2D eigenvalue weighted by atomic mass is 10.1. The molecule has 0 aliphatic carbocycles. The molecule has 3 nitrogen and oxygen atoms in total. The van der Waals surface area contributed by atoms with E-state index in [-0.39, 0.29) is 0 Å². The number of nitrogens with zero attached hydrogens (tertiary/aromatic N) is 1. The number of ether oxygens (including phenoxy) is 1. The van der Waals surface area contributed by atoms with Crippen molar-refractivity contribution in [3.05, 3.63) is 45.9 Å². The number of nitrogens with one attached hydrogen (secondary N) is 1. The lowest BCUT2D eigenvalue weighted by molar-refractivity contribution is 0.410. The zero-order chi connectivity index (χ0) is 14.4. The highest BCUT2D eigenvalue weighted by Gasteiger charge is 2.11. The van der Waals surface area contributed by atoms with E-state index in [1.807, 2.05) is 24.4 Å². The van der Waals surface area contributed by atoms with E-state index in [1.54, 1.807) is 18.4 Å². The quantitative estimate of drug-likeness (QED) is 0.842. The highest BCUT2D eigenvalue weighted by atomic mass is 32.1. The smallest absolute Gasteiger partial charge is 0.122 e. The van der Waals surface area contributed by atoms with Gasteiger partial charge in [0.15, 0.2) is 0 Å². The van der Waals surface area contributed by atoms with E-state index < -0.39 is 0 Å². The Morgan fingerprint density at radius 1 is 1.35 bits per heavy atom. The zero-order valence-corrected chi connectivity index (χ0v) is 13.2. The Morgan fingerprint density at radius 3 is 2.90 bits per heavy atom. The van der Waals surface area contributed by atoms with Gasteiger partial charge in [0.1, 0.15) is 5.75 Å². The maximum Gasteiger partial charge on any atom is 0.122 e. The molecule has 108 valence electrons. The summed E-state index contributed by atoms with van der Waals surface area (Å²) in [5, 5.41) is 4.63. The normalized spacial score (nSPS) is 12.3. The second kappa shape index (κ2) is 7.41. The Balaban J connectivity index is 2.05. The van der Waals surface area contributed by atoms with Gasteiger partial charge in [-0.15, -0.1) is 11.3 Å². The maximum absolute atomic E-state index is 5.39. The van der Waals surface area contributed by atoms with Crippen LogP contribution in [0.15, 0.2) is 30.5 Å². The Labute approximate surface area is 125 Å². The summed E-state index contributed by atoms with van der Waals surface area (Å²) in [7, 11) is 1.71. The summed E-state index contributed by atoms with van der Waals surface area (Å²) in [6, 6.07) is 8.50. The van der Waals surface area contributed by atoms with Crippen LogP contribution in [0.1, 0.15) is 41.8 Å². The number of thiazole rings is 1. The van der Waals surface area contributed by atoms with Crippen LogP contribution in [0.2, 0.25) is 0 Å². The van der Waals surface area contributed by atoms with Crippen LogP contribution < -0.4 is 10.1 Å². The van der Waals surface area contributed by atoms with Gasteiger partial charge in [-0.3, -0.25) is 0 Å². The summed E-state index contributed by atoms with van der Waals surface area (Å²) in [6.45, 7) is 5.41. The molecule has 1 atom stereocenters. The van der Waals surface area contributed by atoms with Crippen molar-refractivity contribution < 1.29 is 4.74 Å². The number of hydrogen-bond acceptors (Lipinski definition) is 4. The summed E-state index contributed by atoms with van der Waals surface area (Å²) in [5.41, 5.74) is 1.19. The van der Waals surface area contributed by atoms with Gasteiger partial charge in [-0.2, -0.15) is 0 Å². The molecule has 0 saturated heterocycles. The molecular formula is C16H22N2OS. The molecule has 0 fully saturated rings. The third-order valence-corrected chi connectivity index (χ3v) is 4.41. The largest absolute Gasteiger partial charge is 0.496 e. The van der Waals surface area contributed by atoms with Gasteiger partial charge in [-0.05, 0) is 26.0 Å². The minimum atomic E-state index is 0.374. The van der Waals surface area contributed by atoms with Crippen molar-refractivity contribution in [1.82, 2.24) is 10.3 Å². The Bertz CT molecular complexity index is 539. The molecule has 0 aliphatic rings. The Hall–Kier alpha value is -1.39. The van der Waals surface area contributed by atoms with E-state index in [1.165, 1.54) is 10.4 Å². The average molecular weight is 290 g/mol. The Kier molecular flexibility index (Phi) is 5.56. The molecular weight excluding hydrogens is 268 g/mol. The Morgan fingerprint density at radius 2 is 2.15 bits per heavy atom. The van der Waals surface area contributed by atoms with E-state index in [4.69, 9.17) is 4.74 Å². The molecule has 0 radical (unpaired) electrons. The van der Waals surface area contributed by atoms with E-state index in [0.717, 1.165) is 30.1 Å². The van der Waals surface area contributed by atoms with Crippen molar-refractivity contribution in [1.29, 1.82) is 0 Å². The number of aromatic nitrogens is 1. The number of methoxy groups -OCH3 is 1. The zero-order valence-electron chi connectivity index (χ0n) is 12.3. The van der Waals surface area contributed by atoms with Crippen molar-refractivity contribution >= 4 is 11.3 Å². The van der Waals surface area contributed by atoms with Crippen LogP contribution >= 0.6 is 11.3 Å². The third-order valence-electron chi connectivity index (χ3n) is 3.23. The van der Waals surface area contributed by atoms with Crippen molar-refractivity contribution in [2.24, 2.45) is 0 Å². The first kappa shape index (κ1) is 15.0. The lowest BCUT2D eigenvalue weighted by Gasteiger charge is -2.09. The predicted molar refractivity (Wildman–Crippen MR) is 84.6 cm³/mol. The van der Waals surface area contributed by atoms with E-state index in [2.05, 4.69) is 30.2 Å². The van der Waals surface area contributed by atoms with Crippen LogP contribution in [0.3, 0.4) is 0 Å². The van der Waals surface area contributed by atoms with Crippen molar-refractivity contribution in [3.8, 4) is 5.75 Å². The van der Waals surface area contributed by atoms with Gasteiger partial charge in [0, 0.05) is 29.1 Å². The molecule has 2 aromatic rings. The SMILES string of the molecule is CCCNC(C)c1cnc(Cc2ccccc2OC)s1. The van der Waals surface area contributed by atoms with Crippen LogP contribution in [0.4, 0.5) is 0 Å². The summed E-state index contributed by atoms with van der Waals surface area (Å²) in [6.07, 6.45) is 3.97. The number of benzene rings is 1. The second-order valence-corrected chi connectivity index (χ2v) is 5.97. The summed E-state index contributed by atoms with van der Waals surface area (Å²) >= 11 is 1.78. The monoisotopic (exact) mass is 290 g/mol. The van der Waals surface area contributed by atoms with Gasteiger partial charge in [-0.1, -0.05) is 25.1 Å². The molecule has 2 rings (SSSR count). The number of para-hydroxylation sites is 1. The molecule has 4 heteroatoms. The van der Waals surface area contributed by atoms with Crippen LogP contribution in [0, 0.1) is 0 Å². The highest BCUT2D eigenvalue weighted by molar-refractivity contribution is 7.11. The van der Waals surface area contributed by atoms with Crippen LogP contribution in [0.5, 0.6) is 5.75 Å². The van der Waals surface area contributed by atoms with Crippen LogP contribution in [-0.2, 0) is 6.42 Å². The molecule has 0 aliphatic heterocycles. The molecule has 0 amide bonds. The molecule has 1 N–H and O–H groups in total. The summed E-state index contributed by atoms with van der Waals surface area (Å²) in [5.74, 6) is 0.932. The van der Waals surface area contributed by atoms with E-state index in [9.17, 15) is 0 Å². The summed E-state index contributed by atoms with van der Waals surface area (Å²) in [4.78, 5) is 5.83. The molecule has 1 aromatic heterocycles. The molecule has 20 heavy (non-hydrogen) atoms. The number of rotatable bonds is 7. The van der Waals surface area contributed by atoms with Gasteiger partial charge >= 0.3 is 0 Å². The van der Waals surface area contributed by atoms with Crippen LogP contribution in [-0.4, -0.2) is 18.6 Å². The van der Waals surface area contributed by atoms with Crippen molar-refractivity contribution in [2.75, 3.05) is 13.7 Å². The fourth-order valence-electron chi connectivity index (χ4n) is 2.08. The maximum atomic E-state index is 5.39. The molecule has 0 saturated carbocycles. The fraction of sp³-hybridized carbons (Fsp3) is 0.438. The highest BCUT2D eigenvalue weighted by Crippen LogP contribution is 2.26. The van der Waals surface area contributed by atoms with Gasteiger partial charge in [-0.25, -0.2) is 4.98 Å². The molecule has 0 bridgehead atoms. The predicted octanol–water partition coefficient (Wildman–Crippen LogP) is 3.80. The van der Waals surface area contributed by atoms with E-state index >= 15 is 0 Å². The van der Waals surface area contributed by atoms with Gasteiger partial charge in [0.2, 0.25) is 0 Å². The minimum absolute atomic E-state index is 0.374. The van der Waals surface area contributed by atoms with Gasteiger partial charge in [0.05, 0.1) is 12.1 Å². The first-order valence-electron chi connectivity index (χ1n) is 7.04. The van der Waals surface area contributed by atoms with Crippen LogP contribution in [0.25, 0.3) is 0 Å². The first-order chi connectivity index (χ1) is 9.74. The standard InChI is InChI=1S/C16H22N2OS/c1-4-9-17-12(2)15-11-18-16(20-15)10-13-7-5-6-8-14(13)19-3/h5-8,11-12,17H,4,9-10H2,1-3H3. The fourth-order valence-corrected chi connectivity index (χ4v) is 3.05. The second-order valence-electron chi connectivity index (χ2n) is 4.82.